The molecule has 5 heteroatoms. The molecule has 0 spiro atoms. The molecular weight excluding hydrogens is 252 g/mol. The maximum Gasteiger partial charge on any atom is 0.196 e. The molecule has 18 heavy (non-hydrogen) atoms. The highest BCUT2D eigenvalue weighted by Gasteiger charge is 2.10. The van der Waals surface area contributed by atoms with Crippen molar-refractivity contribution >= 4 is 31.5 Å². The Balaban J connectivity index is 2.56. The van der Waals surface area contributed by atoms with Crippen molar-refractivity contribution in [1.82, 2.24) is 0 Å². The van der Waals surface area contributed by atoms with Crippen LogP contribution in [-0.4, -0.2) is 15.3 Å². The van der Waals surface area contributed by atoms with Crippen molar-refractivity contribution in [2.24, 2.45) is 0 Å². The van der Waals surface area contributed by atoms with Crippen LogP contribution in [0.25, 0.3) is 20.2 Å². The molecule has 90 valence electrons. The first-order valence-electron chi connectivity index (χ1n) is 5.18. The Kier molecular flexibility index (Phi) is 2.18. The van der Waals surface area contributed by atoms with Crippen LogP contribution in [0.1, 0.15) is 0 Å². The fraction of sp³-hybridized carbons (Fsp3) is 0. The summed E-state index contributed by atoms with van der Waals surface area (Å²) in [5, 5.41) is 29.1. The molecule has 3 aromatic rings. The van der Waals surface area contributed by atoms with Gasteiger partial charge >= 0.3 is 0 Å². The quantitative estimate of drug-likeness (QED) is 0.429. The van der Waals surface area contributed by atoms with Gasteiger partial charge in [-0.3, -0.25) is 4.79 Å². The lowest BCUT2D eigenvalue weighted by molar-refractivity contribution is 0.405. The second-order valence-electron chi connectivity index (χ2n) is 3.95. The molecule has 0 amide bonds. The van der Waals surface area contributed by atoms with Crippen LogP contribution in [0.4, 0.5) is 0 Å². The Bertz CT molecular complexity index is 836. The Hall–Kier alpha value is -2.27. The van der Waals surface area contributed by atoms with E-state index in [2.05, 4.69) is 0 Å². The third-order valence-electron chi connectivity index (χ3n) is 2.75. The topological polar surface area (TPSA) is 77.8 Å². The SMILES string of the molecule is O=c1c2ccc(O)cc2sc2cc(O)c(O)cc12. The molecular formula is C13H8O4S. The molecule has 0 saturated carbocycles. The fourth-order valence-corrected chi connectivity index (χ4v) is 2.99. The first-order valence-corrected chi connectivity index (χ1v) is 5.99. The monoisotopic (exact) mass is 260 g/mol. The molecule has 0 radical (unpaired) electrons. The molecule has 0 unspecified atom stereocenters. The normalized spacial score (nSPS) is 11.1. The average molecular weight is 260 g/mol. The first kappa shape index (κ1) is 10.9. The zero-order chi connectivity index (χ0) is 12.9. The number of benzene rings is 2. The zero-order valence-electron chi connectivity index (χ0n) is 9.04. The van der Waals surface area contributed by atoms with Crippen LogP contribution < -0.4 is 5.43 Å². The van der Waals surface area contributed by atoms with E-state index in [9.17, 15) is 20.1 Å². The summed E-state index contributed by atoms with van der Waals surface area (Å²) in [5.74, 6) is -0.497. The number of aromatic hydroxyl groups is 3. The molecule has 0 aliphatic carbocycles. The molecule has 0 saturated heterocycles. The van der Waals surface area contributed by atoms with Crippen molar-refractivity contribution in [3.05, 3.63) is 40.6 Å². The summed E-state index contributed by atoms with van der Waals surface area (Å²) in [6.45, 7) is 0. The zero-order valence-corrected chi connectivity index (χ0v) is 9.86. The molecule has 1 heterocycles. The number of rotatable bonds is 0. The van der Waals surface area contributed by atoms with E-state index in [4.69, 9.17) is 0 Å². The number of phenolic OH excluding ortho intramolecular Hbond substituents is 3. The van der Waals surface area contributed by atoms with E-state index < -0.39 is 0 Å². The van der Waals surface area contributed by atoms with Crippen LogP contribution in [0.15, 0.2) is 35.1 Å². The van der Waals surface area contributed by atoms with Crippen LogP contribution in [-0.2, 0) is 0 Å². The Morgan fingerprint density at radius 2 is 1.50 bits per heavy atom. The van der Waals surface area contributed by atoms with E-state index in [0.717, 1.165) is 0 Å². The molecule has 0 aliphatic heterocycles. The molecule has 0 fully saturated rings. The lowest BCUT2D eigenvalue weighted by Crippen LogP contribution is -2.00. The molecule has 4 nitrogen and oxygen atoms in total. The lowest BCUT2D eigenvalue weighted by atomic mass is 10.1. The summed E-state index contributed by atoms with van der Waals surface area (Å²) in [5.41, 5.74) is -0.228. The van der Waals surface area contributed by atoms with Crippen molar-refractivity contribution in [2.75, 3.05) is 0 Å². The van der Waals surface area contributed by atoms with Crippen LogP contribution in [0, 0.1) is 0 Å². The van der Waals surface area contributed by atoms with Crippen molar-refractivity contribution in [2.45, 2.75) is 0 Å². The fourth-order valence-electron chi connectivity index (χ4n) is 1.87. The van der Waals surface area contributed by atoms with Gasteiger partial charge in [-0.1, -0.05) is 0 Å². The average Bonchev–Trinajstić information content (AvgIpc) is 2.32. The highest BCUT2D eigenvalue weighted by Crippen LogP contribution is 2.34. The summed E-state index contributed by atoms with van der Waals surface area (Å²) in [6, 6.07) is 7.11. The maximum absolute atomic E-state index is 12.2. The van der Waals surface area contributed by atoms with Gasteiger partial charge in [0, 0.05) is 26.2 Å². The summed E-state index contributed by atoms with van der Waals surface area (Å²) < 4.78 is 1.20. The van der Waals surface area contributed by atoms with Crippen molar-refractivity contribution in [3.8, 4) is 17.2 Å². The highest BCUT2D eigenvalue weighted by molar-refractivity contribution is 7.24. The molecule has 0 atom stereocenters. The minimum absolute atomic E-state index is 0.0838. The second-order valence-corrected chi connectivity index (χ2v) is 5.03. The summed E-state index contributed by atoms with van der Waals surface area (Å²) >= 11 is 1.27. The van der Waals surface area contributed by atoms with Gasteiger partial charge in [-0.05, 0) is 24.3 Å². The predicted molar refractivity (Wildman–Crippen MR) is 70.6 cm³/mol. The van der Waals surface area contributed by atoms with Crippen molar-refractivity contribution in [3.63, 3.8) is 0 Å². The molecule has 3 rings (SSSR count). The molecule has 0 bridgehead atoms. The van der Waals surface area contributed by atoms with Crippen LogP contribution in [0.3, 0.4) is 0 Å². The molecule has 1 aromatic heterocycles. The van der Waals surface area contributed by atoms with Crippen LogP contribution in [0.5, 0.6) is 17.2 Å². The Morgan fingerprint density at radius 3 is 2.28 bits per heavy atom. The lowest BCUT2D eigenvalue weighted by Gasteiger charge is -2.03. The Labute approximate surface area is 105 Å². The van der Waals surface area contributed by atoms with Crippen molar-refractivity contribution < 1.29 is 15.3 Å². The van der Waals surface area contributed by atoms with Gasteiger partial charge in [-0.2, -0.15) is 0 Å². The van der Waals surface area contributed by atoms with E-state index in [-0.39, 0.29) is 22.7 Å². The van der Waals surface area contributed by atoms with Gasteiger partial charge in [0.15, 0.2) is 16.9 Å². The van der Waals surface area contributed by atoms with E-state index in [1.807, 2.05) is 0 Å². The molecule has 3 N–H and O–H groups in total. The second kappa shape index (κ2) is 3.61. The predicted octanol–water partition coefficient (Wildman–Crippen LogP) is 2.53. The van der Waals surface area contributed by atoms with Gasteiger partial charge in [0.25, 0.3) is 0 Å². The summed E-state index contributed by atoms with van der Waals surface area (Å²) in [7, 11) is 0. The summed E-state index contributed by atoms with van der Waals surface area (Å²) in [4.78, 5) is 12.2. The van der Waals surface area contributed by atoms with Crippen molar-refractivity contribution in [1.29, 1.82) is 0 Å². The largest absolute Gasteiger partial charge is 0.508 e. The van der Waals surface area contributed by atoms with E-state index in [1.165, 1.54) is 35.6 Å². The highest BCUT2D eigenvalue weighted by atomic mass is 32.1. The minimum Gasteiger partial charge on any atom is -0.508 e. The van der Waals surface area contributed by atoms with E-state index in [0.29, 0.717) is 20.2 Å². The van der Waals surface area contributed by atoms with E-state index in [1.54, 1.807) is 6.07 Å². The van der Waals surface area contributed by atoms with Gasteiger partial charge in [-0.25, -0.2) is 0 Å². The van der Waals surface area contributed by atoms with Gasteiger partial charge in [0.05, 0.1) is 0 Å². The smallest absolute Gasteiger partial charge is 0.196 e. The third-order valence-corrected chi connectivity index (χ3v) is 3.87. The third kappa shape index (κ3) is 1.48. The van der Waals surface area contributed by atoms with Gasteiger partial charge < -0.3 is 15.3 Å². The number of hydrogen-bond donors (Lipinski definition) is 3. The number of hydrogen-bond acceptors (Lipinski definition) is 5. The van der Waals surface area contributed by atoms with Crippen LogP contribution in [0.2, 0.25) is 0 Å². The number of fused-ring (bicyclic) bond motifs is 2. The first-order chi connectivity index (χ1) is 8.56. The van der Waals surface area contributed by atoms with Gasteiger partial charge in [0.1, 0.15) is 5.75 Å². The van der Waals surface area contributed by atoms with Crippen LogP contribution >= 0.6 is 11.3 Å². The van der Waals surface area contributed by atoms with E-state index >= 15 is 0 Å². The molecule has 2 aromatic carbocycles. The van der Waals surface area contributed by atoms with Gasteiger partial charge in [-0.15, -0.1) is 11.3 Å². The standard InChI is InChI=1S/C13H8O4S/c14-6-1-2-7-11(3-6)18-12-5-10(16)9(15)4-8(12)13(7)17/h1-5,14-16H. The summed E-state index contributed by atoms with van der Waals surface area (Å²) in [6.07, 6.45) is 0. The Morgan fingerprint density at radius 1 is 0.833 bits per heavy atom. The number of phenols is 3. The van der Waals surface area contributed by atoms with Gasteiger partial charge in [0.2, 0.25) is 0 Å². The molecule has 0 aliphatic rings. The maximum atomic E-state index is 12.2. The minimum atomic E-state index is -0.315.